The molecule has 0 spiro atoms. The van der Waals surface area contributed by atoms with E-state index in [0.29, 0.717) is 11.3 Å². The third-order valence-electron chi connectivity index (χ3n) is 4.24. The number of halogens is 1. The number of carbonyl (C=O) groups is 1. The number of fused-ring (bicyclic) bond motifs is 1. The number of hydrogen-bond acceptors (Lipinski definition) is 2. The third kappa shape index (κ3) is 3.07. The van der Waals surface area contributed by atoms with E-state index >= 15 is 0 Å². The minimum Gasteiger partial charge on any atom is -0.423 e. The summed E-state index contributed by atoms with van der Waals surface area (Å²) in [6.07, 6.45) is 0. The highest BCUT2D eigenvalue weighted by Gasteiger charge is 2.18. The molecule has 0 heterocycles. The molecule has 3 heteroatoms. The maximum atomic E-state index is 13.4. The van der Waals surface area contributed by atoms with Gasteiger partial charge < -0.3 is 4.74 Å². The first-order chi connectivity index (χ1) is 12.7. The molecule has 0 N–H and O–H groups in total. The molecule has 0 atom stereocenters. The molecule has 0 aliphatic heterocycles. The molecule has 4 aromatic carbocycles. The lowest BCUT2D eigenvalue weighted by Crippen LogP contribution is -2.10. The van der Waals surface area contributed by atoms with Crippen LogP contribution in [-0.4, -0.2) is 5.97 Å². The molecule has 126 valence electrons. The van der Waals surface area contributed by atoms with E-state index in [-0.39, 0.29) is 5.82 Å². The Labute approximate surface area is 150 Å². The maximum Gasteiger partial charge on any atom is 0.344 e. The number of para-hydroxylation sites is 1. The Bertz CT molecular complexity index is 1070. The molecule has 0 saturated heterocycles. The van der Waals surface area contributed by atoms with Crippen LogP contribution in [0, 0.1) is 5.82 Å². The molecule has 2 nitrogen and oxygen atoms in total. The van der Waals surface area contributed by atoms with Crippen LogP contribution < -0.4 is 4.74 Å². The number of carbonyl (C=O) groups excluding carboxylic acids is 1. The van der Waals surface area contributed by atoms with Crippen molar-refractivity contribution in [2.24, 2.45) is 0 Å². The predicted molar refractivity (Wildman–Crippen MR) is 101 cm³/mol. The van der Waals surface area contributed by atoms with Crippen LogP contribution in [0.5, 0.6) is 5.75 Å². The van der Waals surface area contributed by atoms with Crippen molar-refractivity contribution in [3.8, 4) is 16.9 Å². The van der Waals surface area contributed by atoms with E-state index < -0.39 is 5.97 Å². The topological polar surface area (TPSA) is 26.3 Å². The molecule has 0 aliphatic rings. The number of esters is 1. The fourth-order valence-electron chi connectivity index (χ4n) is 3.02. The van der Waals surface area contributed by atoms with Gasteiger partial charge in [0.05, 0.1) is 5.56 Å². The molecule has 4 aromatic rings. The van der Waals surface area contributed by atoms with Crippen LogP contribution in [0.15, 0.2) is 91.0 Å². The first-order valence-corrected chi connectivity index (χ1v) is 8.27. The van der Waals surface area contributed by atoms with E-state index in [2.05, 4.69) is 0 Å². The Kier molecular flexibility index (Phi) is 4.20. The van der Waals surface area contributed by atoms with Gasteiger partial charge in [0, 0.05) is 5.56 Å². The van der Waals surface area contributed by atoms with Crippen molar-refractivity contribution in [1.82, 2.24) is 0 Å². The minimum atomic E-state index is -0.443. The van der Waals surface area contributed by atoms with E-state index in [1.54, 1.807) is 30.3 Å². The average molecular weight is 342 g/mol. The van der Waals surface area contributed by atoms with Gasteiger partial charge in [0.1, 0.15) is 11.6 Å². The molecule has 0 amide bonds. The van der Waals surface area contributed by atoms with E-state index in [4.69, 9.17) is 4.74 Å². The molecule has 0 saturated carbocycles. The van der Waals surface area contributed by atoms with Gasteiger partial charge in [0.25, 0.3) is 0 Å². The van der Waals surface area contributed by atoms with Crippen molar-refractivity contribution in [2.45, 2.75) is 0 Å². The van der Waals surface area contributed by atoms with Crippen LogP contribution in [0.4, 0.5) is 4.39 Å². The summed E-state index contributed by atoms with van der Waals surface area (Å²) in [4.78, 5) is 12.8. The second-order valence-electron chi connectivity index (χ2n) is 5.92. The van der Waals surface area contributed by atoms with Crippen LogP contribution in [0.2, 0.25) is 0 Å². The van der Waals surface area contributed by atoms with Crippen molar-refractivity contribution in [1.29, 1.82) is 0 Å². The second-order valence-corrected chi connectivity index (χ2v) is 5.92. The Balaban J connectivity index is 1.87. The minimum absolute atomic E-state index is 0.317. The van der Waals surface area contributed by atoms with Crippen molar-refractivity contribution in [3.63, 3.8) is 0 Å². The quantitative estimate of drug-likeness (QED) is 0.344. The highest BCUT2D eigenvalue weighted by molar-refractivity contribution is 6.08. The smallest absolute Gasteiger partial charge is 0.344 e. The van der Waals surface area contributed by atoms with Gasteiger partial charge in [0.2, 0.25) is 0 Å². The van der Waals surface area contributed by atoms with Gasteiger partial charge in [-0.2, -0.15) is 0 Å². The molecule has 0 fully saturated rings. The maximum absolute atomic E-state index is 13.4. The van der Waals surface area contributed by atoms with E-state index in [0.717, 1.165) is 21.9 Å². The number of hydrogen-bond donors (Lipinski definition) is 0. The summed E-state index contributed by atoms with van der Waals surface area (Å²) in [5.74, 6) is -0.278. The highest BCUT2D eigenvalue weighted by Crippen LogP contribution is 2.33. The normalized spacial score (nSPS) is 10.7. The number of ether oxygens (including phenoxy) is 1. The van der Waals surface area contributed by atoms with Gasteiger partial charge in [-0.25, -0.2) is 9.18 Å². The number of benzene rings is 4. The monoisotopic (exact) mass is 342 g/mol. The summed E-state index contributed by atoms with van der Waals surface area (Å²) in [5.41, 5.74) is 1.95. The summed E-state index contributed by atoms with van der Waals surface area (Å²) in [6, 6.07) is 26.5. The van der Waals surface area contributed by atoms with Crippen LogP contribution >= 0.6 is 0 Å². The summed E-state index contributed by atoms with van der Waals surface area (Å²) in [5, 5.41) is 1.92. The summed E-state index contributed by atoms with van der Waals surface area (Å²) in [7, 11) is 0. The van der Waals surface area contributed by atoms with Gasteiger partial charge in [-0.15, -0.1) is 0 Å². The zero-order chi connectivity index (χ0) is 17.9. The summed E-state index contributed by atoms with van der Waals surface area (Å²) in [6.45, 7) is 0. The Hall–Kier alpha value is -3.46. The van der Waals surface area contributed by atoms with Gasteiger partial charge in [-0.1, -0.05) is 60.7 Å². The first-order valence-electron chi connectivity index (χ1n) is 8.27. The third-order valence-corrected chi connectivity index (χ3v) is 4.24. The van der Waals surface area contributed by atoms with Crippen molar-refractivity contribution in [3.05, 3.63) is 102 Å². The van der Waals surface area contributed by atoms with Gasteiger partial charge in [-0.05, 0) is 46.7 Å². The molecule has 26 heavy (non-hydrogen) atoms. The SMILES string of the molecule is O=C(Oc1ccccc1)c1ccc2ccccc2c1-c1ccc(F)cc1. The highest BCUT2D eigenvalue weighted by atomic mass is 19.1. The Morgan fingerprint density at radius 3 is 2.19 bits per heavy atom. The van der Waals surface area contributed by atoms with E-state index in [1.807, 2.05) is 48.5 Å². The Morgan fingerprint density at radius 2 is 1.42 bits per heavy atom. The van der Waals surface area contributed by atoms with Crippen LogP contribution in [0.3, 0.4) is 0 Å². The zero-order valence-corrected chi connectivity index (χ0v) is 13.9. The summed E-state index contributed by atoms with van der Waals surface area (Å²) >= 11 is 0. The van der Waals surface area contributed by atoms with Gasteiger partial charge >= 0.3 is 5.97 Å². The van der Waals surface area contributed by atoms with E-state index in [1.165, 1.54) is 12.1 Å². The van der Waals surface area contributed by atoms with Gasteiger partial charge in [0.15, 0.2) is 0 Å². The largest absolute Gasteiger partial charge is 0.423 e. The molecular formula is C23H15FO2. The predicted octanol–water partition coefficient (Wildman–Crippen LogP) is 5.87. The second kappa shape index (κ2) is 6.81. The first kappa shape index (κ1) is 16.0. The fourth-order valence-corrected chi connectivity index (χ4v) is 3.02. The molecule has 0 radical (unpaired) electrons. The van der Waals surface area contributed by atoms with Crippen LogP contribution in [-0.2, 0) is 0 Å². The standard InChI is InChI=1S/C23H15FO2/c24-18-13-10-17(11-14-18)22-20-9-5-4-6-16(20)12-15-21(22)23(25)26-19-7-2-1-3-8-19/h1-15H. The lowest BCUT2D eigenvalue weighted by Gasteiger charge is -2.13. The number of rotatable bonds is 3. The van der Waals surface area contributed by atoms with E-state index in [9.17, 15) is 9.18 Å². The molecule has 0 bridgehead atoms. The molecule has 4 rings (SSSR count). The average Bonchev–Trinajstić information content (AvgIpc) is 2.68. The van der Waals surface area contributed by atoms with Gasteiger partial charge in [-0.3, -0.25) is 0 Å². The fraction of sp³-hybridized carbons (Fsp3) is 0. The van der Waals surface area contributed by atoms with Crippen molar-refractivity contribution >= 4 is 16.7 Å². The summed E-state index contributed by atoms with van der Waals surface area (Å²) < 4.78 is 18.9. The van der Waals surface area contributed by atoms with Crippen LogP contribution in [0.1, 0.15) is 10.4 Å². The molecule has 0 aliphatic carbocycles. The van der Waals surface area contributed by atoms with Crippen LogP contribution in [0.25, 0.3) is 21.9 Å². The molecule has 0 unspecified atom stereocenters. The molecule has 0 aromatic heterocycles. The molecular weight excluding hydrogens is 327 g/mol. The van der Waals surface area contributed by atoms with Crippen molar-refractivity contribution in [2.75, 3.05) is 0 Å². The lowest BCUT2D eigenvalue weighted by atomic mass is 9.93. The Morgan fingerprint density at radius 1 is 0.731 bits per heavy atom. The van der Waals surface area contributed by atoms with Crippen molar-refractivity contribution < 1.29 is 13.9 Å². The lowest BCUT2D eigenvalue weighted by molar-refractivity contribution is 0.0735. The zero-order valence-electron chi connectivity index (χ0n) is 13.9.